The molecule has 0 saturated heterocycles. The molecule has 0 radical (unpaired) electrons. The van der Waals surface area contributed by atoms with E-state index in [1.807, 2.05) is 31.2 Å². The monoisotopic (exact) mass is 482 g/mol. The quantitative estimate of drug-likeness (QED) is 0.470. The number of esters is 1. The summed E-state index contributed by atoms with van der Waals surface area (Å²) in [4.78, 5) is 24.4. The molecule has 1 amide bonds. The van der Waals surface area contributed by atoms with Gasteiger partial charge < -0.3 is 14.8 Å². The summed E-state index contributed by atoms with van der Waals surface area (Å²) in [6.45, 7) is 1.80. The van der Waals surface area contributed by atoms with Crippen LogP contribution < -0.4 is 14.4 Å². The highest BCUT2D eigenvalue weighted by Gasteiger charge is 2.23. The van der Waals surface area contributed by atoms with Gasteiger partial charge in [0.15, 0.2) is 6.61 Å². The predicted octanol–water partition coefficient (Wildman–Crippen LogP) is 3.30. The van der Waals surface area contributed by atoms with E-state index < -0.39 is 28.5 Å². The highest BCUT2D eigenvalue weighted by molar-refractivity contribution is 7.92. The van der Waals surface area contributed by atoms with Crippen molar-refractivity contribution in [3.05, 3.63) is 89.5 Å². The van der Waals surface area contributed by atoms with Gasteiger partial charge in [0.1, 0.15) is 5.75 Å². The van der Waals surface area contributed by atoms with Gasteiger partial charge in [-0.3, -0.25) is 9.10 Å². The molecular weight excluding hydrogens is 456 g/mol. The molecule has 0 aromatic heterocycles. The molecule has 3 rings (SSSR count). The Balaban J connectivity index is 1.62. The van der Waals surface area contributed by atoms with E-state index in [1.165, 1.54) is 38.4 Å². The number of carbonyl (C=O) groups excluding carboxylic acids is 2. The van der Waals surface area contributed by atoms with Gasteiger partial charge in [-0.25, -0.2) is 13.2 Å². The molecule has 0 unspecified atom stereocenters. The third kappa shape index (κ3) is 6.14. The van der Waals surface area contributed by atoms with Crippen molar-refractivity contribution in [2.75, 3.05) is 25.1 Å². The predicted molar refractivity (Wildman–Crippen MR) is 128 cm³/mol. The molecule has 0 fully saturated rings. The van der Waals surface area contributed by atoms with E-state index in [0.717, 1.165) is 15.4 Å². The number of hydrogen-bond acceptors (Lipinski definition) is 6. The van der Waals surface area contributed by atoms with E-state index in [2.05, 4.69) is 5.32 Å². The molecule has 8 nitrogen and oxygen atoms in total. The number of nitrogens with one attached hydrogen (secondary N) is 1. The molecule has 3 aromatic rings. The highest BCUT2D eigenvalue weighted by atomic mass is 32.2. The van der Waals surface area contributed by atoms with Gasteiger partial charge in [-0.2, -0.15) is 0 Å². The molecule has 9 heteroatoms. The topological polar surface area (TPSA) is 102 Å². The first-order valence-corrected chi connectivity index (χ1v) is 11.9. The number of anilines is 1. The number of amides is 1. The maximum absolute atomic E-state index is 13.0. The summed E-state index contributed by atoms with van der Waals surface area (Å²) < 4.78 is 37.4. The van der Waals surface area contributed by atoms with Crippen molar-refractivity contribution >= 4 is 27.6 Å². The van der Waals surface area contributed by atoms with E-state index in [9.17, 15) is 18.0 Å². The summed E-state index contributed by atoms with van der Waals surface area (Å²) in [5.74, 6) is -0.659. The molecule has 0 spiro atoms. The van der Waals surface area contributed by atoms with Gasteiger partial charge in [0.2, 0.25) is 0 Å². The average Bonchev–Trinajstić information content (AvgIpc) is 2.86. The van der Waals surface area contributed by atoms with Crippen molar-refractivity contribution in [3.8, 4) is 5.75 Å². The minimum absolute atomic E-state index is 0.0236. The fourth-order valence-electron chi connectivity index (χ4n) is 3.04. The van der Waals surface area contributed by atoms with Gasteiger partial charge >= 0.3 is 5.97 Å². The van der Waals surface area contributed by atoms with Gasteiger partial charge in [-0.1, -0.05) is 35.9 Å². The van der Waals surface area contributed by atoms with Gasteiger partial charge in [0, 0.05) is 13.6 Å². The standard InChI is InChI=1S/C25H26N2O6S/c1-18-7-9-19(10-8-18)16-26-24(28)17-33-25(29)20-5-4-6-23(15-20)34(30,31)27(2)21-11-13-22(32-3)14-12-21/h4-15H,16-17H2,1-3H3,(H,26,28). The summed E-state index contributed by atoms with van der Waals surface area (Å²) in [5.41, 5.74) is 2.49. The molecule has 0 bridgehead atoms. The van der Waals surface area contributed by atoms with Crippen LogP contribution in [-0.2, 0) is 26.1 Å². The smallest absolute Gasteiger partial charge is 0.338 e. The second kappa shape index (κ2) is 10.8. The fourth-order valence-corrected chi connectivity index (χ4v) is 4.29. The number of hydrogen-bond donors (Lipinski definition) is 1. The second-order valence-electron chi connectivity index (χ2n) is 7.54. The number of benzene rings is 3. The zero-order valence-electron chi connectivity index (χ0n) is 19.1. The van der Waals surface area contributed by atoms with Crippen LogP contribution in [-0.4, -0.2) is 41.1 Å². The van der Waals surface area contributed by atoms with Gasteiger partial charge in [-0.05, 0) is 55.0 Å². The zero-order chi connectivity index (χ0) is 24.7. The largest absolute Gasteiger partial charge is 0.497 e. The number of aryl methyl sites for hydroxylation is 1. The summed E-state index contributed by atoms with van der Waals surface area (Å²) in [7, 11) is -0.997. The lowest BCUT2D eigenvalue weighted by molar-refractivity contribution is -0.124. The lowest BCUT2D eigenvalue weighted by atomic mass is 10.1. The van der Waals surface area contributed by atoms with Crippen LogP contribution in [0.4, 0.5) is 5.69 Å². The normalized spacial score (nSPS) is 10.9. The maximum atomic E-state index is 13.0. The Morgan fingerprint density at radius 2 is 1.65 bits per heavy atom. The summed E-state index contributed by atoms with van der Waals surface area (Å²) in [5, 5.41) is 2.67. The molecule has 0 aliphatic carbocycles. The Labute approximate surface area is 199 Å². The Kier molecular flexibility index (Phi) is 7.91. The van der Waals surface area contributed by atoms with Crippen LogP contribution in [0.2, 0.25) is 0 Å². The zero-order valence-corrected chi connectivity index (χ0v) is 20.0. The SMILES string of the molecule is COc1ccc(N(C)S(=O)(=O)c2cccc(C(=O)OCC(=O)NCc3ccc(C)cc3)c2)cc1. The first-order valence-electron chi connectivity index (χ1n) is 10.4. The van der Waals surface area contributed by atoms with Crippen molar-refractivity contribution < 1.29 is 27.5 Å². The first kappa shape index (κ1) is 24.8. The molecule has 0 atom stereocenters. The summed E-state index contributed by atoms with van der Waals surface area (Å²) in [6, 6.07) is 19.7. The molecule has 0 heterocycles. The van der Waals surface area contributed by atoms with Crippen LogP contribution >= 0.6 is 0 Å². The van der Waals surface area contributed by atoms with E-state index in [4.69, 9.17) is 9.47 Å². The maximum Gasteiger partial charge on any atom is 0.338 e. The average molecular weight is 483 g/mol. The van der Waals surface area contributed by atoms with Crippen LogP contribution in [0.5, 0.6) is 5.75 Å². The van der Waals surface area contributed by atoms with Crippen LogP contribution in [0.15, 0.2) is 77.7 Å². The second-order valence-corrected chi connectivity index (χ2v) is 9.51. The number of nitrogens with zero attached hydrogens (tertiary/aromatic N) is 1. The van der Waals surface area contributed by atoms with E-state index in [0.29, 0.717) is 18.0 Å². The fraction of sp³-hybridized carbons (Fsp3) is 0.200. The Hall–Kier alpha value is -3.85. The number of sulfonamides is 1. The lowest BCUT2D eigenvalue weighted by Crippen LogP contribution is -2.28. The van der Waals surface area contributed by atoms with Crippen molar-refractivity contribution in [3.63, 3.8) is 0 Å². The van der Waals surface area contributed by atoms with Crippen molar-refractivity contribution in [2.45, 2.75) is 18.4 Å². The molecule has 1 N–H and O–H groups in total. The lowest BCUT2D eigenvalue weighted by Gasteiger charge is -2.20. The van der Waals surface area contributed by atoms with Crippen LogP contribution in [0.3, 0.4) is 0 Å². The molecule has 3 aromatic carbocycles. The van der Waals surface area contributed by atoms with Crippen molar-refractivity contribution in [1.29, 1.82) is 0 Å². The van der Waals surface area contributed by atoms with Gasteiger partial charge in [0.25, 0.3) is 15.9 Å². The first-order chi connectivity index (χ1) is 16.2. The summed E-state index contributed by atoms with van der Waals surface area (Å²) >= 11 is 0. The van der Waals surface area contributed by atoms with Crippen LogP contribution in [0, 0.1) is 6.92 Å². The number of rotatable bonds is 9. The minimum Gasteiger partial charge on any atom is -0.497 e. The molecule has 0 aliphatic heterocycles. The molecule has 178 valence electrons. The third-order valence-electron chi connectivity index (χ3n) is 5.11. The third-order valence-corrected chi connectivity index (χ3v) is 6.89. The highest BCUT2D eigenvalue weighted by Crippen LogP contribution is 2.25. The Morgan fingerprint density at radius 1 is 0.971 bits per heavy atom. The number of carbonyl (C=O) groups is 2. The Morgan fingerprint density at radius 3 is 2.29 bits per heavy atom. The van der Waals surface area contributed by atoms with E-state index >= 15 is 0 Å². The summed E-state index contributed by atoms with van der Waals surface area (Å²) in [6.07, 6.45) is 0. The molecule has 0 saturated carbocycles. The molecule has 34 heavy (non-hydrogen) atoms. The van der Waals surface area contributed by atoms with E-state index in [-0.39, 0.29) is 10.5 Å². The van der Waals surface area contributed by atoms with Gasteiger partial charge in [0.05, 0.1) is 23.3 Å². The van der Waals surface area contributed by atoms with Crippen LogP contribution in [0.1, 0.15) is 21.5 Å². The molecular formula is C25H26N2O6S. The Bertz CT molecular complexity index is 1260. The minimum atomic E-state index is -3.94. The number of ether oxygens (including phenoxy) is 2. The van der Waals surface area contributed by atoms with Crippen molar-refractivity contribution in [2.24, 2.45) is 0 Å². The number of methoxy groups -OCH3 is 1. The van der Waals surface area contributed by atoms with Gasteiger partial charge in [-0.15, -0.1) is 0 Å². The molecule has 0 aliphatic rings. The van der Waals surface area contributed by atoms with Crippen LogP contribution in [0.25, 0.3) is 0 Å². The van der Waals surface area contributed by atoms with Crippen molar-refractivity contribution in [1.82, 2.24) is 5.32 Å². The van der Waals surface area contributed by atoms with E-state index in [1.54, 1.807) is 24.3 Å².